The lowest BCUT2D eigenvalue weighted by atomic mass is 10.0. The molecule has 0 heterocycles. The first kappa shape index (κ1) is 15.2. The molecule has 3 atom stereocenters. The van der Waals surface area contributed by atoms with Crippen LogP contribution in [0.5, 0.6) is 0 Å². The second kappa shape index (κ2) is 6.26. The molecule has 1 nitrogen and oxygen atoms in total. The summed E-state index contributed by atoms with van der Waals surface area (Å²) in [5, 5.41) is 0.724. The van der Waals surface area contributed by atoms with Crippen LogP contribution in [0.1, 0.15) is 33.3 Å². The second-order valence-electron chi connectivity index (χ2n) is 6.27. The highest BCUT2D eigenvalue weighted by Gasteiger charge is 2.55. The highest BCUT2D eigenvalue weighted by Crippen LogP contribution is 2.61. The minimum atomic E-state index is -0.00373. The summed E-state index contributed by atoms with van der Waals surface area (Å²) >= 11 is 6.02. The average molecular weight is 333 g/mol. The molecule has 0 aromatic heterocycles. The van der Waals surface area contributed by atoms with Gasteiger partial charge in [-0.2, -0.15) is 0 Å². The van der Waals surface area contributed by atoms with Gasteiger partial charge in [0, 0.05) is 28.3 Å². The van der Waals surface area contributed by atoms with E-state index in [9.17, 15) is 4.79 Å². The summed E-state index contributed by atoms with van der Waals surface area (Å²) in [7, 11) is 0. The number of carbonyl (C=O) groups is 1. The van der Waals surface area contributed by atoms with Crippen LogP contribution in [0.2, 0.25) is 5.02 Å². The van der Waals surface area contributed by atoms with Gasteiger partial charge in [0.15, 0.2) is 5.78 Å². The van der Waals surface area contributed by atoms with E-state index in [1.54, 1.807) is 0 Å². The largest absolute Gasteiger partial charge is 0.294 e. The van der Waals surface area contributed by atoms with Crippen molar-refractivity contribution in [3.63, 3.8) is 0 Å². The second-order valence-corrected chi connectivity index (χ2v) is 6.71. The Kier molecular flexibility index (Phi) is 3.95. The van der Waals surface area contributed by atoms with E-state index in [1.165, 1.54) is 11.1 Å². The molecule has 2 heteroatoms. The number of ketones is 1. The van der Waals surface area contributed by atoms with Crippen LogP contribution in [0.4, 0.5) is 0 Å². The fourth-order valence-corrected chi connectivity index (χ4v) is 3.75. The van der Waals surface area contributed by atoms with Crippen LogP contribution in [-0.2, 0) is 0 Å². The molecule has 1 saturated carbocycles. The number of Topliss-reactive ketones (excluding diaryl/α,β-unsaturated/α-hetero) is 1. The zero-order valence-corrected chi connectivity index (χ0v) is 13.9. The molecule has 1 aliphatic carbocycles. The lowest BCUT2D eigenvalue weighted by Crippen LogP contribution is -2.03. The molecule has 1 aliphatic rings. The van der Waals surface area contributed by atoms with Crippen molar-refractivity contribution in [2.75, 3.05) is 0 Å². The summed E-state index contributed by atoms with van der Waals surface area (Å²) < 4.78 is 0. The molecule has 118 valence electrons. The number of rotatable bonds is 4. The first-order valence-electron chi connectivity index (χ1n) is 8.15. The van der Waals surface area contributed by atoms with Crippen molar-refractivity contribution in [3.05, 3.63) is 107 Å². The maximum atomic E-state index is 13.0. The normalized spacial score (nSPS) is 22.1. The Morgan fingerprint density at radius 3 is 1.75 bits per heavy atom. The van der Waals surface area contributed by atoms with Gasteiger partial charge in [-0.3, -0.25) is 4.79 Å². The maximum absolute atomic E-state index is 13.0. The molecule has 0 saturated heterocycles. The van der Waals surface area contributed by atoms with Gasteiger partial charge in [-0.15, -0.1) is 0 Å². The zero-order chi connectivity index (χ0) is 16.5. The standard InChI is InChI=1S/C22H17ClO/c23-18-13-11-16(12-14-18)20-19(15-7-3-1-4-8-15)21(20)22(24)17-9-5-2-6-10-17/h1-14,19-21H/t19-,20+,21-/m1/s1. The van der Waals surface area contributed by atoms with Crippen molar-refractivity contribution in [3.8, 4) is 0 Å². The summed E-state index contributed by atoms with van der Waals surface area (Å²) in [6.07, 6.45) is 0. The molecule has 0 bridgehead atoms. The van der Waals surface area contributed by atoms with Gasteiger partial charge in [-0.05, 0) is 23.3 Å². The lowest BCUT2D eigenvalue weighted by molar-refractivity contribution is 0.0963. The highest BCUT2D eigenvalue weighted by atomic mass is 35.5. The predicted octanol–water partition coefficient (Wildman–Crippen LogP) is 5.72. The van der Waals surface area contributed by atoms with Gasteiger partial charge in [0.1, 0.15) is 0 Å². The lowest BCUT2D eigenvalue weighted by Gasteiger charge is -2.01. The molecule has 0 radical (unpaired) electrons. The number of carbonyl (C=O) groups excluding carboxylic acids is 1. The van der Waals surface area contributed by atoms with Crippen molar-refractivity contribution in [2.24, 2.45) is 5.92 Å². The summed E-state index contributed by atoms with van der Waals surface area (Å²) in [5.41, 5.74) is 3.20. The summed E-state index contributed by atoms with van der Waals surface area (Å²) in [4.78, 5) is 13.0. The fraction of sp³-hybridized carbons (Fsp3) is 0.136. The van der Waals surface area contributed by atoms with Gasteiger partial charge >= 0.3 is 0 Å². The van der Waals surface area contributed by atoms with Crippen molar-refractivity contribution >= 4 is 17.4 Å². The Morgan fingerprint density at radius 1 is 0.667 bits per heavy atom. The van der Waals surface area contributed by atoms with Gasteiger partial charge in [0.2, 0.25) is 0 Å². The first-order chi connectivity index (χ1) is 11.8. The van der Waals surface area contributed by atoms with E-state index in [4.69, 9.17) is 11.6 Å². The Morgan fingerprint density at radius 2 is 1.17 bits per heavy atom. The first-order valence-corrected chi connectivity index (χ1v) is 8.53. The van der Waals surface area contributed by atoms with E-state index in [0.717, 1.165) is 10.6 Å². The van der Waals surface area contributed by atoms with E-state index in [1.807, 2.05) is 72.8 Å². The predicted molar refractivity (Wildman–Crippen MR) is 97.6 cm³/mol. The monoisotopic (exact) mass is 332 g/mol. The van der Waals surface area contributed by atoms with Crippen LogP contribution in [0.3, 0.4) is 0 Å². The minimum Gasteiger partial charge on any atom is -0.294 e. The van der Waals surface area contributed by atoms with E-state index in [0.29, 0.717) is 0 Å². The van der Waals surface area contributed by atoms with Crippen LogP contribution in [0.15, 0.2) is 84.9 Å². The smallest absolute Gasteiger partial charge is 0.167 e. The molecule has 0 N–H and O–H groups in total. The topological polar surface area (TPSA) is 17.1 Å². The number of hydrogen-bond acceptors (Lipinski definition) is 1. The van der Waals surface area contributed by atoms with Crippen molar-refractivity contribution < 1.29 is 4.79 Å². The molecule has 0 unspecified atom stereocenters. The van der Waals surface area contributed by atoms with Crippen LogP contribution < -0.4 is 0 Å². The van der Waals surface area contributed by atoms with Gasteiger partial charge < -0.3 is 0 Å². The molecular formula is C22H17ClO. The van der Waals surface area contributed by atoms with Gasteiger partial charge in [-0.1, -0.05) is 84.4 Å². The van der Waals surface area contributed by atoms with Crippen molar-refractivity contribution in [1.82, 2.24) is 0 Å². The molecule has 3 aromatic rings. The van der Waals surface area contributed by atoms with E-state index in [-0.39, 0.29) is 23.5 Å². The van der Waals surface area contributed by atoms with Crippen molar-refractivity contribution in [1.29, 1.82) is 0 Å². The minimum absolute atomic E-state index is 0.00373. The highest BCUT2D eigenvalue weighted by molar-refractivity contribution is 6.30. The SMILES string of the molecule is O=C(c1ccccc1)[C@H]1[C@@H](c2ccc(Cl)cc2)[C@H]1c1ccccc1. The summed E-state index contributed by atoms with van der Waals surface area (Å²) in [6.45, 7) is 0. The molecule has 3 aromatic carbocycles. The van der Waals surface area contributed by atoms with Gasteiger partial charge in [0.25, 0.3) is 0 Å². The van der Waals surface area contributed by atoms with Crippen molar-refractivity contribution in [2.45, 2.75) is 11.8 Å². The Labute approximate surface area is 146 Å². The number of benzene rings is 3. The van der Waals surface area contributed by atoms with Gasteiger partial charge in [-0.25, -0.2) is 0 Å². The van der Waals surface area contributed by atoms with Crippen LogP contribution in [-0.4, -0.2) is 5.78 Å². The molecule has 0 aliphatic heterocycles. The quantitative estimate of drug-likeness (QED) is 0.558. The van der Waals surface area contributed by atoms with E-state index >= 15 is 0 Å². The fourth-order valence-electron chi connectivity index (χ4n) is 3.62. The summed E-state index contributed by atoms with van der Waals surface area (Å²) in [5.74, 6) is 0.679. The maximum Gasteiger partial charge on any atom is 0.167 e. The molecule has 0 amide bonds. The molecule has 4 rings (SSSR count). The molecule has 0 spiro atoms. The molecule has 1 fully saturated rings. The third-order valence-corrected chi connectivity index (χ3v) is 5.07. The number of hydrogen-bond donors (Lipinski definition) is 0. The van der Waals surface area contributed by atoms with E-state index < -0.39 is 0 Å². The molecular weight excluding hydrogens is 316 g/mol. The van der Waals surface area contributed by atoms with Crippen LogP contribution in [0.25, 0.3) is 0 Å². The Hall–Kier alpha value is -2.38. The molecule has 24 heavy (non-hydrogen) atoms. The third kappa shape index (κ3) is 2.76. The zero-order valence-electron chi connectivity index (χ0n) is 13.1. The summed E-state index contributed by atoms with van der Waals surface area (Å²) in [6, 6.07) is 27.8. The third-order valence-electron chi connectivity index (χ3n) is 4.82. The van der Waals surface area contributed by atoms with E-state index in [2.05, 4.69) is 12.1 Å². The Bertz CT molecular complexity index is 840. The number of halogens is 1. The average Bonchev–Trinajstić information content (AvgIpc) is 3.39. The van der Waals surface area contributed by atoms with Crippen LogP contribution >= 0.6 is 11.6 Å². The Balaban J connectivity index is 1.70. The van der Waals surface area contributed by atoms with Gasteiger partial charge in [0.05, 0.1) is 0 Å². The van der Waals surface area contributed by atoms with Crippen LogP contribution in [0, 0.1) is 5.92 Å².